The molecule has 0 aliphatic heterocycles. The van der Waals surface area contributed by atoms with Gasteiger partial charge in [0.2, 0.25) is 0 Å². The third-order valence-corrected chi connectivity index (χ3v) is 2.40. The maximum absolute atomic E-state index is 11.0. The number of carbonyl (C=O) groups is 1. The van der Waals surface area contributed by atoms with Crippen LogP contribution in [0.2, 0.25) is 0 Å². The van der Waals surface area contributed by atoms with Crippen molar-refractivity contribution < 1.29 is 9.59 Å². The molecule has 2 nitrogen and oxygen atoms in total. The van der Waals surface area contributed by atoms with Crippen LogP contribution in [0, 0.1) is 0 Å². The van der Waals surface area contributed by atoms with E-state index >= 15 is 0 Å². The Hall–Kier alpha value is -1.92. The molecule has 0 bridgehead atoms. The topological polar surface area (TPSA) is 34.1 Å². The number of ketones is 1. The highest BCUT2D eigenvalue weighted by molar-refractivity contribution is 5.93. The maximum atomic E-state index is 11.0. The van der Waals surface area contributed by atoms with Crippen LogP contribution in [0.3, 0.4) is 0 Å². The first-order valence-corrected chi connectivity index (χ1v) is 4.83. The molecule has 0 aromatic heterocycles. The summed E-state index contributed by atoms with van der Waals surface area (Å²) in [6, 6.07) is 0. The highest BCUT2D eigenvalue weighted by Gasteiger charge is 2.09. The van der Waals surface area contributed by atoms with Crippen LogP contribution in [-0.4, -0.2) is 11.7 Å². The SMILES string of the molecule is O=C=C1C=C(C2=CCC(=O)C=C2)C=CC1. The van der Waals surface area contributed by atoms with E-state index in [1.807, 2.05) is 30.2 Å². The van der Waals surface area contributed by atoms with E-state index in [9.17, 15) is 9.59 Å². The van der Waals surface area contributed by atoms with Crippen LogP contribution in [0.15, 0.2) is 53.2 Å². The van der Waals surface area contributed by atoms with Crippen molar-refractivity contribution >= 4 is 11.7 Å². The minimum absolute atomic E-state index is 0.116. The van der Waals surface area contributed by atoms with Gasteiger partial charge in [0, 0.05) is 18.4 Å². The minimum atomic E-state index is 0.116. The van der Waals surface area contributed by atoms with Gasteiger partial charge in [0.25, 0.3) is 0 Å². The van der Waals surface area contributed by atoms with Crippen LogP contribution in [0.5, 0.6) is 0 Å². The van der Waals surface area contributed by atoms with Crippen molar-refractivity contribution in [3.63, 3.8) is 0 Å². The number of hydrogen-bond acceptors (Lipinski definition) is 2. The molecule has 0 fully saturated rings. The van der Waals surface area contributed by atoms with Crippen molar-refractivity contribution in [2.45, 2.75) is 12.8 Å². The third kappa shape index (κ3) is 2.12. The van der Waals surface area contributed by atoms with E-state index in [2.05, 4.69) is 0 Å². The molecule has 0 spiro atoms. The molecule has 74 valence electrons. The Morgan fingerprint density at radius 3 is 2.60 bits per heavy atom. The smallest absolute Gasteiger partial charge is 0.159 e. The molecule has 0 saturated carbocycles. The van der Waals surface area contributed by atoms with Crippen LogP contribution in [-0.2, 0) is 9.59 Å². The molecule has 0 N–H and O–H groups in total. The zero-order valence-corrected chi connectivity index (χ0v) is 8.19. The average molecular weight is 198 g/mol. The fourth-order valence-electron chi connectivity index (χ4n) is 1.60. The van der Waals surface area contributed by atoms with Crippen molar-refractivity contribution in [3.05, 3.63) is 53.2 Å². The number of rotatable bonds is 1. The summed E-state index contributed by atoms with van der Waals surface area (Å²) in [4.78, 5) is 21.5. The van der Waals surface area contributed by atoms with Gasteiger partial charge >= 0.3 is 0 Å². The van der Waals surface area contributed by atoms with Gasteiger partial charge in [0.05, 0.1) is 0 Å². The lowest BCUT2D eigenvalue weighted by molar-refractivity contribution is -0.113. The first-order chi connectivity index (χ1) is 7.29. The summed E-state index contributed by atoms with van der Waals surface area (Å²) >= 11 is 0. The van der Waals surface area contributed by atoms with Crippen LogP contribution >= 0.6 is 0 Å². The Morgan fingerprint density at radius 2 is 1.93 bits per heavy atom. The molecule has 0 atom stereocenters. The molecule has 2 aliphatic rings. The fraction of sp³-hybridized carbons (Fsp3) is 0.154. The van der Waals surface area contributed by atoms with Gasteiger partial charge in [-0.15, -0.1) is 0 Å². The van der Waals surface area contributed by atoms with Crippen molar-refractivity contribution in [1.29, 1.82) is 0 Å². The quantitative estimate of drug-likeness (QED) is 0.604. The Kier molecular flexibility index (Phi) is 2.61. The van der Waals surface area contributed by atoms with Gasteiger partial charge in [-0.3, -0.25) is 4.79 Å². The summed E-state index contributed by atoms with van der Waals surface area (Å²) in [5.41, 5.74) is 2.63. The average Bonchev–Trinajstić information content (AvgIpc) is 2.30. The standard InChI is InChI=1S/C13H10O2/c14-9-10-2-1-3-12(8-10)11-4-6-13(15)7-5-11/h1,3-6,8H,2,7H2. The molecule has 0 aromatic carbocycles. The normalized spacial score (nSPS) is 19.7. The molecule has 0 aromatic rings. The maximum Gasteiger partial charge on any atom is 0.159 e. The number of allylic oxidation sites excluding steroid dienone is 9. The summed E-state index contributed by atoms with van der Waals surface area (Å²) in [7, 11) is 0. The third-order valence-electron chi connectivity index (χ3n) is 2.40. The molecule has 15 heavy (non-hydrogen) atoms. The lowest BCUT2D eigenvalue weighted by atomic mass is 9.93. The van der Waals surface area contributed by atoms with Crippen LogP contribution < -0.4 is 0 Å². The summed E-state index contributed by atoms with van der Waals surface area (Å²) in [5.74, 6) is 2.02. The number of carbonyl (C=O) groups excluding carboxylic acids is 2. The molecule has 0 radical (unpaired) electrons. The summed E-state index contributed by atoms with van der Waals surface area (Å²) < 4.78 is 0. The van der Waals surface area contributed by atoms with Crippen LogP contribution in [0.25, 0.3) is 0 Å². The second kappa shape index (κ2) is 4.07. The first-order valence-electron chi connectivity index (χ1n) is 4.83. The highest BCUT2D eigenvalue weighted by Crippen LogP contribution is 2.23. The van der Waals surface area contributed by atoms with Crippen LogP contribution in [0.4, 0.5) is 0 Å². The van der Waals surface area contributed by atoms with Crippen molar-refractivity contribution in [1.82, 2.24) is 0 Å². The van der Waals surface area contributed by atoms with Gasteiger partial charge in [0.15, 0.2) is 5.78 Å². The minimum Gasteiger partial charge on any atom is -0.295 e. The van der Waals surface area contributed by atoms with E-state index in [0.29, 0.717) is 18.4 Å². The summed E-state index contributed by atoms with van der Waals surface area (Å²) in [6.45, 7) is 0. The van der Waals surface area contributed by atoms with E-state index in [1.165, 1.54) is 0 Å². The Bertz CT molecular complexity index is 467. The molecule has 0 saturated heterocycles. The second-order valence-electron chi connectivity index (χ2n) is 3.50. The summed E-state index contributed by atoms with van der Waals surface area (Å²) in [5, 5.41) is 0. The van der Waals surface area contributed by atoms with E-state index in [4.69, 9.17) is 0 Å². The van der Waals surface area contributed by atoms with Gasteiger partial charge in [-0.1, -0.05) is 24.3 Å². The number of hydrogen-bond donors (Lipinski definition) is 0. The van der Waals surface area contributed by atoms with Gasteiger partial charge < -0.3 is 0 Å². The molecule has 0 heterocycles. The van der Waals surface area contributed by atoms with E-state index < -0.39 is 0 Å². The lowest BCUT2D eigenvalue weighted by Gasteiger charge is -2.10. The molecule has 2 aliphatic carbocycles. The Balaban J connectivity index is 2.29. The summed E-state index contributed by atoms with van der Waals surface area (Å²) in [6.07, 6.45) is 12.0. The van der Waals surface area contributed by atoms with Crippen molar-refractivity contribution in [2.75, 3.05) is 0 Å². The lowest BCUT2D eigenvalue weighted by Crippen LogP contribution is -1.99. The van der Waals surface area contributed by atoms with E-state index in [-0.39, 0.29) is 5.78 Å². The Morgan fingerprint density at radius 1 is 1.07 bits per heavy atom. The zero-order chi connectivity index (χ0) is 10.7. The van der Waals surface area contributed by atoms with Gasteiger partial charge in [0.1, 0.15) is 5.94 Å². The monoisotopic (exact) mass is 198 g/mol. The Labute approximate surface area is 88.0 Å². The van der Waals surface area contributed by atoms with Crippen molar-refractivity contribution in [2.24, 2.45) is 0 Å². The van der Waals surface area contributed by atoms with Gasteiger partial charge in [-0.05, 0) is 23.3 Å². The predicted octanol–water partition coefficient (Wildman–Crippen LogP) is 2.09. The molecule has 2 heteroatoms. The molecular formula is C13H10O2. The fourth-order valence-corrected chi connectivity index (χ4v) is 1.60. The molecular weight excluding hydrogens is 188 g/mol. The zero-order valence-electron chi connectivity index (χ0n) is 8.19. The van der Waals surface area contributed by atoms with E-state index in [0.717, 1.165) is 11.1 Å². The second-order valence-corrected chi connectivity index (χ2v) is 3.50. The molecule has 2 rings (SSSR count). The molecule has 0 amide bonds. The first kappa shape index (κ1) is 9.63. The van der Waals surface area contributed by atoms with Gasteiger partial charge in [-0.2, -0.15) is 0 Å². The van der Waals surface area contributed by atoms with Crippen LogP contribution in [0.1, 0.15) is 12.8 Å². The van der Waals surface area contributed by atoms with E-state index in [1.54, 1.807) is 12.2 Å². The largest absolute Gasteiger partial charge is 0.295 e. The van der Waals surface area contributed by atoms with Crippen molar-refractivity contribution in [3.8, 4) is 0 Å². The van der Waals surface area contributed by atoms with Gasteiger partial charge in [-0.25, -0.2) is 4.79 Å². The predicted molar refractivity (Wildman–Crippen MR) is 57.9 cm³/mol. The highest BCUT2D eigenvalue weighted by atomic mass is 16.1. The molecule has 0 unspecified atom stereocenters.